The van der Waals surface area contributed by atoms with Crippen molar-refractivity contribution in [3.8, 4) is 0 Å². The van der Waals surface area contributed by atoms with E-state index in [4.69, 9.17) is 0 Å². The van der Waals surface area contributed by atoms with Crippen molar-refractivity contribution in [3.05, 3.63) is 34.6 Å². The number of rotatable bonds is 3. The second-order valence-corrected chi connectivity index (χ2v) is 4.65. The van der Waals surface area contributed by atoms with Crippen LogP contribution in [0.2, 0.25) is 0 Å². The van der Waals surface area contributed by atoms with Crippen LogP contribution in [0.25, 0.3) is 0 Å². The molecule has 1 fully saturated rings. The van der Waals surface area contributed by atoms with Gasteiger partial charge in [-0.15, -0.1) is 0 Å². The van der Waals surface area contributed by atoms with Crippen LogP contribution in [0.1, 0.15) is 24.6 Å². The highest BCUT2D eigenvalue weighted by Crippen LogP contribution is 2.33. The van der Waals surface area contributed by atoms with Gasteiger partial charge in [0.1, 0.15) is 0 Å². The zero-order chi connectivity index (χ0) is 12.7. The van der Waals surface area contributed by atoms with Gasteiger partial charge in [0.25, 0.3) is 5.56 Å². The van der Waals surface area contributed by atoms with Gasteiger partial charge in [-0.2, -0.15) is 5.10 Å². The summed E-state index contributed by atoms with van der Waals surface area (Å²) in [5.74, 6) is 0.362. The Hall–Kier alpha value is -2.11. The Balaban J connectivity index is 1.95. The van der Waals surface area contributed by atoms with Crippen LogP contribution in [0, 0.1) is 6.92 Å². The molecule has 0 atom stereocenters. The SMILES string of the molecule is Cc1nn(C)cc1Nc1nccn(C2CC2)c1=O. The van der Waals surface area contributed by atoms with E-state index in [-0.39, 0.29) is 5.56 Å². The first-order valence-corrected chi connectivity index (χ1v) is 5.99. The lowest BCUT2D eigenvalue weighted by Crippen LogP contribution is -2.22. The average molecular weight is 245 g/mol. The molecular formula is C12H15N5O. The van der Waals surface area contributed by atoms with Crippen molar-refractivity contribution in [2.45, 2.75) is 25.8 Å². The van der Waals surface area contributed by atoms with Crippen LogP contribution >= 0.6 is 0 Å². The summed E-state index contributed by atoms with van der Waals surface area (Å²) in [6, 6.07) is 0.357. The van der Waals surface area contributed by atoms with E-state index in [0.29, 0.717) is 11.9 Å². The summed E-state index contributed by atoms with van der Waals surface area (Å²) in [7, 11) is 1.85. The average Bonchev–Trinajstić information content (AvgIpc) is 3.10. The van der Waals surface area contributed by atoms with Crippen molar-refractivity contribution < 1.29 is 0 Å². The molecule has 0 aliphatic heterocycles. The number of aryl methyl sites for hydroxylation is 2. The molecule has 6 nitrogen and oxygen atoms in total. The number of aromatic nitrogens is 4. The topological polar surface area (TPSA) is 64.7 Å². The van der Waals surface area contributed by atoms with Crippen LogP contribution in [0.15, 0.2) is 23.4 Å². The maximum atomic E-state index is 12.2. The van der Waals surface area contributed by atoms with E-state index in [0.717, 1.165) is 24.2 Å². The van der Waals surface area contributed by atoms with Gasteiger partial charge >= 0.3 is 0 Å². The molecule has 0 spiro atoms. The molecule has 94 valence electrons. The van der Waals surface area contributed by atoms with Crippen molar-refractivity contribution in [2.75, 3.05) is 5.32 Å². The molecule has 1 N–H and O–H groups in total. The third-order valence-corrected chi connectivity index (χ3v) is 3.07. The molecule has 18 heavy (non-hydrogen) atoms. The molecule has 1 saturated carbocycles. The molecule has 0 amide bonds. The van der Waals surface area contributed by atoms with Crippen molar-refractivity contribution in [1.29, 1.82) is 0 Å². The van der Waals surface area contributed by atoms with Gasteiger partial charge < -0.3 is 9.88 Å². The summed E-state index contributed by atoms with van der Waals surface area (Å²) in [5.41, 5.74) is 1.60. The fourth-order valence-electron chi connectivity index (χ4n) is 2.00. The monoisotopic (exact) mass is 245 g/mol. The van der Waals surface area contributed by atoms with E-state index in [9.17, 15) is 4.79 Å². The minimum atomic E-state index is -0.0664. The lowest BCUT2D eigenvalue weighted by atomic mass is 10.4. The van der Waals surface area contributed by atoms with Crippen molar-refractivity contribution in [1.82, 2.24) is 19.3 Å². The summed E-state index contributed by atoms with van der Waals surface area (Å²) in [4.78, 5) is 16.3. The third kappa shape index (κ3) is 1.90. The Labute approximate surface area is 104 Å². The molecule has 6 heteroatoms. The summed E-state index contributed by atoms with van der Waals surface area (Å²) in [6.45, 7) is 1.89. The van der Waals surface area contributed by atoms with Gasteiger partial charge in [0.15, 0.2) is 5.82 Å². The number of hydrogen-bond acceptors (Lipinski definition) is 4. The van der Waals surface area contributed by atoms with Crippen LogP contribution in [0.5, 0.6) is 0 Å². The molecule has 2 aromatic heterocycles. The van der Waals surface area contributed by atoms with E-state index in [1.807, 2.05) is 20.2 Å². The summed E-state index contributed by atoms with van der Waals surface area (Å²) >= 11 is 0. The molecule has 0 saturated heterocycles. The Kier molecular flexibility index (Phi) is 2.43. The quantitative estimate of drug-likeness (QED) is 0.886. The maximum Gasteiger partial charge on any atom is 0.293 e. The van der Waals surface area contributed by atoms with E-state index in [1.54, 1.807) is 21.6 Å². The number of nitrogens with zero attached hydrogens (tertiary/aromatic N) is 4. The van der Waals surface area contributed by atoms with E-state index in [2.05, 4.69) is 15.4 Å². The molecule has 0 bridgehead atoms. The van der Waals surface area contributed by atoms with Crippen LogP contribution in [0.4, 0.5) is 11.5 Å². The minimum absolute atomic E-state index is 0.0664. The largest absolute Gasteiger partial charge is 0.333 e. The van der Waals surface area contributed by atoms with Gasteiger partial charge in [0.2, 0.25) is 0 Å². The molecule has 1 aliphatic rings. The first-order chi connectivity index (χ1) is 8.65. The fraction of sp³-hybridized carbons (Fsp3) is 0.417. The molecular weight excluding hydrogens is 230 g/mol. The van der Waals surface area contributed by atoms with Crippen molar-refractivity contribution in [3.63, 3.8) is 0 Å². The lowest BCUT2D eigenvalue weighted by Gasteiger charge is -2.06. The number of anilines is 2. The Bertz CT molecular complexity index is 638. The fourth-order valence-corrected chi connectivity index (χ4v) is 2.00. The van der Waals surface area contributed by atoms with Gasteiger partial charge in [-0.05, 0) is 19.8 Å². The smallest absolute Gasteiger partial charge is 0.293 e. The van der Waals surface area contributed by atoms with Gasteiger partial charge in [0, 0.05) is 31.7 Å². The summed E-state index contributed by atoms with van der Waals surface area (Å²) < 4.78 is 3.46. The first kappa shape index (κ1) is 11.0. The first-order valence-electron chi connectivity index (χ1n) is 5.99. The molecule has 2 heterocycles. The highest BCUT2D eigenvalue weighted by molar-refractivity contribution is 5.56. The standard InChI is InChI=1S/C12H15N5O/c1-8-10(7-16(2)15-8)14-11-12(18)17(6-5-13-11)9-3-4-9/h5-7,9H,3-4H2,1-2H3,(H,13,14). The van der Waals surface area contributed by atoms with Gasteiger partial charge in [0.05, 0.1) is 11.4 Å². The summed E-state index contributed by atoms with van der Waals surface area (Å²) in [6.07, 6.45) is 7.41. The maximum absolute atomic E-state index is 12.2. The van der Waals surface area contributed by atoms with Crippen molar-refractivity contribution >= 4 is 11.5 Å². The van der Waals surface area contributed by atoms with Gasteiger partial charge in [-0.3, -0.25) is 9.48 Å². The molecule has 0 radical (unpaired) electrons. The number of hydrogen-bond donors (Lipinski definition) is 1. The second kappa shape index (κ2) is 3.97. The zero-order valence-corrected chi connectivity index (χ0v) is 10.4. The Morgan fingerprint density at radius 3 is 2.83 bits per heavy atom. The predicted molar refractivity (Wildman–Crippen MR) is 68.0 cm³/mol. The van der Waals surface area contributed by atoms with Gasteiger partial charge in [-0.1, -0.05) is 0 Å². The molecule has 0 unspecified atom stereocenters. The molecule has 1 aliphatic carbocycles. The Morgan fingerprint density at radius 1 is 1.44 bits per heavy atom. The molecule has 0 aromatic carbocycles. The second-order valence-electron chi connectivity index (χ2n) is 4.65. The predicted octanol–water partition coefficient (Wildman–Crippen LogP) is 1.36. The highest BCUT2D eigenvalue weighted by Gasteiger charge is 2.25. The van der Waals surface area contributed by atoms with Gasteiger partial charge in [-0.25, -0.2) is 4.98 Å². The van der Waals surface area contributed by atoms with Crippen LogP contribution in [0.3, 0.4) is 0 Å². The van der Waals surface area contributed by atoms with E-state index >= 15 is 0 Å². The summed E-state index contributed by atoms with van der Waals surface area (Å²) in [5, 5.41) is 7.28. The van der Waals surface area contributed by atoms with E-state index in [1.165, 1.54) is 0 Å². The molecule has 3 rings (SSSR count). The van der Waals surface area contributed by atoms with Crippen LogP contribution in [-0.2, 0) is 7.05 Å². The highest BCUT2D eigenvalue weighted by atomic mass is 16.1. The lowest BCUT2D eigenvalue weighted by molar-refractivity contribution is 0.701. The minimum Gasteiger partial charge on any atom is -0.333 e. The molecule has 2 aromatic rings. The van der Waals surface area contributed by atoms with E-state index < -0.39 is 0 Å². The van der Waals surface area contributed by atoms with Crippen molar-refractivity contribution in [2.24, 2.45) is 7.05 Å². The normalized spacial score (nSPS) is 14.8. The third-order valence-electron chi connectivity index (χ3n) is 3.07. The zero-order valence-electron chi connectivity index (χ0n) is 10.4. The Morgan fingerprint density at radius 2 is 2.22 bits per heavy atom. The van der Waals surface area contributed by atoms with Crippen LogP contribution < -0.4 is 10.9 Å². The van der Waals surface area contributed by atoms with Crippen LogP contribution in [-0.4, -0.2) is 19.3 Å². The number of nitrogens with one attached hydrogen (secondary N) is 1.